The van der Waals surface area contributed by atoms with Crippen LogP contribution in [0.25, 0.3) is 11.0 Å². The third kappa shape index (κ3) is 6.41. The molecule has 4 rings (SSSR count). The van der Waals surface area contributed by atoms with Crippen LogP contribution in [0.5, 0.6) is 23.0 Å². The van der Waals surface area contributed by atoms with Gasteiger partial charge in [0.15, 0.2) is 17.3 Å². The molecule has 8 nitrogen and oxygen atoms in total. The van der Waals surface area contributed by atoms with E-state index in [1.54, 1.807) is 50.6 Å². The van der Waals surface area contributed by atoms with Crippen LogP contribution in [-0.2, 0) is 0 Å². The van der Waals surface area contributed by atoms with Gasteiger partial charge in [-0.3, -0.25) is 4.79 Å². The molecule has 0 saturated heterocycles. The second-order valence-corrected chi connectivity index (χ2v) is 8.44. The Morgan fingerprint density at radius 2 is 1.68 bits per heavy atom. The standard InChI is InChI=1S/C29H31NO7/c1-19-24-13-12-23(16-27(24)37-29(19)28(32)20-8-10-22(33-2)11-9-20)36-18-21(31)17-30-14-15-35-26-7-5-4-6-25(26)34-3/h4-13,16,21,30-31H,14-15,17-18H2,1-3H3. The van der Waals surface area contributed by atoms with Crippen LogP contribution in [0.1, 0.15) is 21.7 Å². The fourth-order valence-corrected chi connectivity index (χ4v) is 3.88. The molecule has 1 aromatic heterocycles. The minimum Gasteiger partial charge on any atom is -0.497 e. The quantitative estimate of drug-likeness (QED) is 0.204. The number of furan rings is 1. The molecular weight excluding hydrogens is 474 g/mol. The molecule has 0 aliphatic rings. The van der Waals surface area contributed by atoms with E-state index in [1.165, 1.54) is 0 Å². The Hall–Kier alpha value is -4.01. The number of methoxy groups -OCH3 is 2. The number of nitrogens with one attached hydrogen (secondary N) is 1. The summed E-state index contributed by atoms with van der Waals surface area (Å²) in [5.41, 5.74) is 1.83. The summed E-state index contributed by atoms with van der Waals surface area (Å²) in [5, 5.41) is 14.3. The van der Waals surface area contributed by atoms with Gasteiger partial charge in [-0.05, 0) is 55.5 Å². The molecule has 1 atom stereocenters. The highest BCUT2D eigenvalue weighted by Gasteiger charge is 2.20. The van der Waals surface area contributed by atoms with Crippen LogP contribution in [0.3, 0.4) is 0 Å². The molecule has 0 saturated carbocycles. The number of para-hydroxylation sites is 2. The van der Waals surface area contributed by atoms with Crippen LogP contribution in [0.2, 0.25) is 0 Å². The van der Waals surface area contributed by atoms with Gasteiger partial charge in [0.1, 0.15) is 36.4 Å². The summed E-state index contributed by atoms with van der Waals surface area (Å²) in [4.78, 5) is 13.0. The van der Waals surface area contributed by atoms with Crippen molar-refractivity contribution in [3.05, 3.63) is 83.6 Å². The number of fused-ring (bicyclic) bond motifs is 1. The topological polar surface area (TPSA) is 99.4 Å². The van der Waals surface area contributed by atoms with E-state index in [9.17, 15) is 9.90 Å². The number of aliphatic hydroxyl groups is 1. The molecule has 0 bridgehead atoms. The molecule has 0 spiro atoms. The highest BCUT2D eigenvalue weighted by molar-refractivity contribution is 6.10. The van der Waals surface area contributed by atoms with Gasteiger partial charge in [0.2, 0.25) is 5.78 Å². The molecule has 0 aliphatic carbocycles. The number of benzene rings is 3. The van der Waals surface area contributed by atoms with Crippen LogP contribution < -0.4 is 24.3 Å². The fraction of sp³-hybridized carbons (Fsp3) is 0.276. The third-order valence-corrected chi connectivity index (χ3v) is 5.90. The Bertz CT molecular complexity index is 1330. The summed E-state index contributed by atoms with van der Waals surface area (Å²) in [5.74, 6) is 2.67. The first kappa shape index (κ1) is 26.1. The van der Waals surface area contributed by atoms with Gasteiger partial charge in [0, 0.05) is 35.7 Å². The zero-order chi connectivity index (χ0) is 26.2. The number of carbonyl (C=O) groups excluding carboxylic acids is 1. The van der Waals surface area contributed by atoms with Crippen molar-refractivity contribution in [3.8, 4) is 23.0 Å². The average Bonchev–Trinajstić information content (AvgIpc) is 3.27. The molecule has 37 heavy (non-hydrogen) atoms. The summed E-state index contributed by atoms with van der Waals surface area (Å²) >= 11 is 0. The molecule has 0 aliphatic heterocycles. The molecule has 0 fully saturated rings. The van der Waals surface area contributed by atoms with Crippen molar-refractivity contribution in [2.45, 2.75) is 13.0 Å². The van der Waals surface area contributed by atoms with Crippen molar-refractivity contribution >= 4 is 16.8 Å². The molecule has 0 radical (unpaired) electrons. The monoisotopic (exact) mass is 505 g/mol. The van der Waals surface area contributed by atoms with Gasteiger partial charge in [-0.15, -0.1) is 0 Å². The zero-order valence-corrected chi connectivity index (χ0v) is 21.2. The molecule has 1 unspecified atom stereocenters. The number of carbonyl (C=O) groups is 1. The number of rotatable bonds is 13. The van der Waals surface area contributed by atoms with E-state index in [2.05, 4.69) is 5.32 Å². The summed E-state index contributed by atoms with van der Waals surface area (Å²) < 4.78 is 27.8. The molecule has 194 valence electrons. The molecule has 0 amide bonds. The maximum absolute atomic E-state index is 13.0. The molecule has 1 heterocycles. The number of ether oxygens (including phenoxy) is 4. The highest BCUT2D eigenvalue weighted by atomic mass is 16.5. The summed E-state index contributed by atoms with van der Waals surface area (Å²) in [6.45, 7) is 3.29. The van der Waals surface area contributed by atoms with E-state index in [-0.39, 0.29) is 18.2 Å². The van der Waals surface area contributed by atoms with Crippen LogP contribution in [-0.4, -0.2) is 57.5 Å². The first-order valence-corrected chi connectivity index (χ1v) is 12.0. The predicted octanol–water partition coefficient (Wildman–Crippen LogP) is 4.40. The Morgan fingerprint density at radius 1 is 0.946 bits per heavy atom. The lowest BCUT2D eigenvalue weighted by molar-refractivity contribution is 0.101. The molecule has 3 aromatic carbocycles. The average molecular weight is 506 g/mol. The van der Waals surface area contributed by atoms with Crippen molar-refractivity contribution in [1.82, 2.24) is 5.32 Å². The van der Waals surface area contributed by atoms with Crippen LogP contribution >= 0.6 is 0 Å². The first-order chi connectivity index (χ1) is 18.0. The number of hydrogen-bond donors (Lipinski definition) is 2. The smallest absolute Gasteiger partial charge is 0.228 e. The van der Waals surface area contributed by atoms with E-state index in [4.69, 9.17) is 23.4 Å². The maximum Gasteiger partial charge on any atom is 0.228 e. The molecule has 8 heteroatoms. The van der Waals surface area contributed by atoms with Gasteiger partial charge in [-0.25, -0.2) is 0 Å². The van der Waals surface area contributed by atoms with Gasteiger partial charge >= 0.3 is 0 Å². The van der Waals surface area contributed by atoms with Crippen LogP contribution in [0.4, 0.5) is 0 Å². The number of ketones is 1. The Morgan fingerprint density at radius 3 is 2.41 bits per heavy atom. The number of aliphatic hydroxyl groups excluding tert-OH is 1. The highest BCUT2D eigenvalue weighted by Crippen LogP contribution is 2.30. The number of aryl methyl sites for hydroxylation is 1. The minimum absolute atomic E-state index is 0.100. The van der Waals surface area contributed by atoms with E-state index in [1.807, 2.05) is 37.3 Å². The summed E-state index contributed by atoms with van der Waals surface area (Å²) in [6.07, 6.45) is -0.715. The maximum atomic E-state index is 13.0. The van der Waals surface area contributed by atoms with Crippen molar-refractivity contribution in [1.29, 1.82) is 0 Å². The SMILES string of the molecule is COc1ccc(C(=O)c2oc3cc(OCC(O)CNCCOc4ccccc4OC)ccc3c2C)cc1. The van der Waals surface area contributed by atoms with Crippen molar-refractivity contribution in [2.24, 2.45) is 0 Å². The second-order valence-electron chi connectivity index (χ2n) is 8.44. The normalized spacial score (nSPS) is 11.8. The Labute approximate surface area is 215 Å². The molecular formula is C29H31NO7. The fourth-order valence-electron chi connectivity index (χ4n) is 3.88. The van der Waals surface area contributed by atoms with E-state index in [0.29, 0.717) is 53.8 Å². The van der Waals surface area contributed by atoms with E-state index >= 15 is 0 Å². The van der Waals surface area contributed by atoms with Gasteiger partial charge in [-0.2, -0.15) is 0 Å². The van der Waals surface area contributed by atoms with Gasteiger partial charge in [0.05, 0.1) is 14.2 Å². The minimum atomic E-state index is -0.715. The predicted molar refractivity (Wildman–Crippen MR) is 140 cm³/mol. The molecule has 2 N–H and O–H groups in total. The molecule has 4 aromatic rings. The van der Waals surface area contributed by atoms with Gasteiger partial charge in [0.25, 0.3) is 0 Å². The summed E-state index contributed by atoms with van der Waals surface area (Å²) in [6, 6.07) is 19.7. The van der Waals surface area contributed by atoms with Crippen molar-refractivity contribution in [2.75, 3.05) is 40.5 Å². The Balaban J connectivity index is 1.27. The van der Waals surface area contributed by atoms with Crippen LogP contribution in [0, 0.1) is 6.92 Å². The van der Waals surface area contributed by atoms with E-state index in [0.717, 1.165) is 10.9 Å². The lowest BCUT2D eigenvalue weighted by atomic mass is 10.0. The third-order valence-electron chi connectivity index (χ3n) is 5.90. The number of hydrogen-bond acceptors (Lipinski definition) is 8. The van der Waals surface area contributed by atoms with Gasteiger partial charge < -0.3 is 33.8 Å². The summed E-state index contributed by atoms with van der Waals surface area (Å²) in [7, 11) is 3.18. The van der Waals surface area contributed by atoms with Crippen molar-refractivity contribution < 1.29 is 33.3 Å². The van der Waals surface area contributed by atoms with Crippen molar-refractivity contribution in [3.63, 3.8) is 0 Å². The van der Waals surface area contributed by atoms with E-state index < -0.39 is 6.10 Å². The second kappa shape index (κ2) is 12.3. The van der Waals surface area contributed by atoms with Crippen LogP contribution in [0.15, 0.2) is 71.1 Å². The zero-order valence-electron chi connectivity index (χ0n) is 21.2. The lowest BCUT2D eigenvalue weighted by Crippen LogP contribution is -2.33. The van der Waals surface area contributed by atoms with Gasteiger partial charge in [-0.1, -0.05) is 12.1 Å². The first-order valence-electron chi connectivity index (χ1n) is 12.0. The Kier molecular flexibility index (Phi) is 8.66. The lowest BCUT2D eigenvalue weighted by Gasteiger charge is -2.14. The largest absolute Gasteiger partial charge is 0.497 e.